The Kier molecular flexibility index (Phi) is 8.99. The first-order chi connectivity index (χ1) is 5.36. The zero-order valence-corrected chi connectivity index (χ0v) is 7.28. The van der Waals surface area contributed by atoms with Crippen molar-refractivity contribution in [3.63, 3.8) is 0 Å². The minimum Gasteiger partial charge on any atom is -0.481 e. The summed E-state index contributed by atoms with van der Waals surface area (Å²) >= 11 is 0. The van der Waals surface area contributed by atoms with Crippen LogP contribution in [0.2, 0.25) is 0 Å². The fourth-order valence-electron chi connectivity index (χ4n) is 0.214. The van der Waals surface area contributed by atoms with Crippen molar-refractivity contribution < 1.29 is 19.8 Å². The van der Waals surface area contributed by atoms with Crippen LogP contribution >= 0.6 is 0 Å². The molecule has 0 aliphatic carbocycles. The number of nitrogens with two attached hydrogens (primary N) is 1. The summed E-state index contributed by atoms with van der Waals surface area (Å²) in [6.45, 7) is 3.89. The van der Waals surface area contributed by atoms with Gasteiger partial charge in [-0.3, -0.25) is 9.59 Å². The van der Waals surface area contributed by atoms with Gasteiger partial charge in [-0.2, -0.15) is 0 Å². The van der Waals surface area contributed by atoms with Crippen molar-refractivity contribution >= 4 is 11.9 Å². The van der Waals surface area contributed by atoms with Crippen LogP contribution in [-0.2, 0) is 9.59 Å². The van der Waals surface area contributed by atoms with Crippen LogP contribution in [0.15, 0.2) is 0 Å². The molecule has 0 fully saturated rings. The van der Waals surface area contributed by atoms with Gasteiger partial charge in [0.2, 0.25) is 0 Å². The molecule has 0 aromatic carbocycles. The van der Waals surface area contributed by atoms with Crippen molar-refractivity contribution in [2.75, 3.05) is 0 Å². The molecule has 0 aromatic heterocycles. The molecule has 0 radical (unpaired) electrons. The van der Waals surface area contributed by atoms with Crippen molar-refractivity contribution in [2.24, 2.45) is 5.73 Å². The maximum absolute atomic E-state index is 9.64. The zero-order valence-electron chi connectivity index (χ0n) is 7.28. The molecule has 0 saturated heterocycles. The average Bonchev–Trinajstić information content (AvgIpc) is 1.82. The monoisotopic (exact) mass is 177 g/mol. The molecule has 0 aliphatic rings. The van der Waals surface area contributed by atoms with Gasteiger partial charge in [0.25, 0.3) is 0 Å². The molecule has 4 N–H and O–H groups in total. The second kappa shape index (κ2) is 8.00. The van der Waals surface area contributed by atoms with Crippen LogP contribution in [0.1, 0.15) is 26.7 Å². The number of carboxylic acid groups (broad SMARTS) is 2. The minimum atomic E-state index is -1.08. The number of hydrogen-bond acceptors (Lipinski definition) is 3. The maximum atomic E-state index is 9.64. The van der Waals surface area contributed by atoms with E-state index in [1.165, 1.54) is 0 Å². The molecular formula is C7H15NO4. The molecule has 0 atom stereocenters. The highest BCUT2D eigenvalue weighted by atomic mass is 16.4. The summed E-state index contributed by atoms with van der Waals surface area (Å²) in [5.41, 5.74) is 5.11. The van der Waals surface area contributed by atoms with Crippen LogP contribution in [0.3, 0.4) is 0 Å². The van der Waals surface area contributed by atoms with E-state index in [-0.39, 0.29) is 12.8 Å². The highest BCUT2D eigenvalue weighted by Gasteiger charge is 2.00. The first kappa shape index (κ1) is 13.5. The van der Waals surface area contributed by atoms with Crippen LogP contribution in [0, 0.1) is 0 Å². The summed E-state index contributed by atoms with van der Waals surface area (Å²) in [5, 5.41) is 15.8. The lowest BCUT2D eigenvalue weighted by molar-refractivity contribution is -0.143. The van der Waals surface area contributed by atoms with Crippen LogP contribution in [0.25, 0.3) is 0 Å². The third-order valence-corrected chi connectivity index (χ3v) is 0.553. The van der Waals surface area contributed by atoms with E-state index < -0.39 is 11.9 Å². The third-order valence-electron chi connectivity index (χ3n) is 0.553. The Balaban J connectivity index is 0. The largest absolute Gasteiger partial charge is 0.481 e. The number of carboxylic acids is 2. The van der Waals surface area contributed by atoms with E-state index in [1.807, 2.05) is 13.8 Å². The van der Waals surface area contributed by atoms with Gasteiger partial charge in [0, 0.05) is 0 Å². The molecule has 5 nitrogen and oxygen atoms in total. The van der Waals surface area contributed by atoms with E-state index in [9.17, 15) is 9.59 Å². The van der Waals surface area contributed by atoms with E-state index in [2.05, 4.69) is 0 Å². The van der Waals surface area contributed by atoms with Gasteiger partial charge >= 0.3 is 11.9 Å². The number of aliphatic carboxylic acids is 2. The summed E-state index contributed by atoms with van der Waals surface area (Å²) in [4.78, 5) is 19.3. The molecule has 0 rings (SSSR count). The van der Waals surface area contributed by atoms with Gasteiger partial charge in [0.1, 0.15) is 0 Å². The van der Waals surface area contributed by atoms with Gasteiger partial charge in [-0.25, -0.2) is 0 Å². The standard InChI is InChI=1S/C4H6O4.C3H9N/c5-3(6)1-2-4(7)8;1-3(2)4/h1-2H2,(H,5,6)(H,7,8);3H,4H2,1-2H3. The van der Waals surface area contributed by atoms with Gasteiger partial charge < -0.3 is 15.9 Å². The van der Waals surface area contributed by atoms with E-state index in [0.29, 0.717) is 6.04 Å². The van der Waals surface area contributed by atoms with Crippen LogP contribution < -0.4 is 5.73 Å². The van der Waals surface area contributed by atoms with Crippen molar-refractivity contribution in [3.05, 3.63) is 0 Å². The van der Waals surface area contributed by atoms with E-state index in [1.54, 1.807) is 0 Å². The normalized spacial score (nSPS) is 8.67. The molecule has 0 aliphatic heterocycles. The number of carbonyl (C=O) groups is 2. The Morgan fingerprint density at radius 2 is 1.33 bits per heavy atom. The molecule has 0 unspecified atom stereocenters. The van der Waals surface area contributed by atoms with Crippen LogP contribution in [-0.4, -0.2) is 28.2 Å². The van der Waals surface area contributed by atoms with Crippen molar-refractivity contribution in [2.45, 2.75) is 32.7 Å². The quantitative estimate of drug-likeness (QED) is 0.575. The lowest BCUT2D eigenvalue weighted by atomic mass is 10.3. The Labute approximate surface area is 71.2 Å². The predicted octanol–water partition coefficient (Wildman–Crippen LogP) is 0.289. The second-order valence-electron chi connectivity index (χ2n) is 2.53. The average molecular weight is 177 g/mol. The topological polar surface area (TPSA) is 101 Å². The predicted molar refractivity (Wildman–Crippen MR) is 43.8 cm³/mol. The van der Waals surface area contributed by atoms with Gasteiger partial charge in [-0.05, 0) is 6.04 Å². The van der Waals surface area contributed by atoms with Gasteiger partial charge in [0.05, 0.1) is 12.8 Å². The van der Waals surface area contributed by atoms with Crippen LogP contribution in [0.5, 0.6) is 0 Å². The molecule has 0 amide bonds. The molecule has 0 bridgehead atoms. The smallest absolute Gasteiger partial charge is 0.303 e. The van der Waals surface area contributed by atoms with Crippen molar-refractivity contribution in [3.8, 4) is 0 Å². The summed E-state index contributed by atoms with van der Waals surface area (Å²) < 4.78 is 0. The lowest BCUT2D eigenvalue weighted by Gasteiger charge is -1.85. The fourth-order valence-corrected chi connectivity index (χ4v) is 0.214. The second-order valence-corrected chi connectivity index (χ2v) is 2.53. The van der Waals surface area contributed by atoms with Gasteiger partial charge in [-0.15, -0.1) is 0 Å². The Hall–Kier alpha value is -1.10. The highest BCUT2D eigenvalue weighted by molar-refractivity contribution is 5.75. The first-order valence-corrected chi connectivity index (χ1v) is 3.55. The Morgan fingerprint density at radius 1 is 1.17 bits per heavy atom. The van der Waals surface area contributed by atoms with E-state index in [0.717, 1.165) is 0 Å². The summed E-state index contributed by atoms with van der Waals surface area (Å²) in [6.07, 6.45) is -0.593. The molecule has 0 spiro atoms. The molecule has 72 valence electrons. The van der Waals surface area contributed by atoms with Crippen molar-refractivity contribution in [1.82, 2.24) is 0 Å². The fraction of sp³-hybridized carbons (Fsp3) is 0.714. The maximum Gasteiger partial charge on any atom is 0.303 e. The van der Waals surface area contributed by atoms with Crippen LogP contribution in [0.4, 0.5) is 0 Å². The number of hydrogen-bond donors (Lipinski definition) is 3. The summed E-state index contributed by atoms with van der Waals surface area (Å²) in [5.74, 6) is -2.15. The highest BCUT2D eigenvalue weighted by Crippen LogP contribution is 1.86. The molecule has 12 heavy (non-hydrogen) atoms. The first-order valence-electron chi connectivity index (χ1n) is 3.55. The minimum absolute atomic E-state index is 0.296. The summed E-state index contributed by atoms with van der Waals surface area (Å²) in [6, 6.07) is 0.333. The Bertz CT molecular complexity index is 128. The molecule has 0 saturated carbocycles. The molecule has 5 heteroatoms. The molecule has 0 heterocycles. The number of rotatable bonds is 3. The Morgan fingerprint density at radius 3 is 1.42 bits per heavy atom. The van der Waals surface area contributed by atoms with E-state index in [4.69, 9.17) is 15.9 Å². The van der Waals surface area contributed by atoms with Gasteiger partial charge in [-0.1, -0.05) is 13.8 Å². The van der Waals surface area contributed by atoms with Crippen molar-refractivity contribution in [1.29, 1.82) is 0 Å². The molecular weight excluding hydrogens is 162 g/mol. The van der Waals surface area contributed by atoms with E-state index >= 15 is 0 Å². The SMILES string of the molecule is CC(C)N.O=C(O)CCC(=O)O. The molecule has 0 aromatic rings. The lowest BCUT2D eigenvalue weighted by Crippen LogP contribution is -2.06. The summed E-state index contributed by atoms with van der Waals surface area (Å²) in [7, 11) is 0. The zero-order chi connectivity index (χ0) is 10.1. The third kappa shape index (κ3) is 36.5. The van der Waals surface area contributed by atoms with Gasteiger partial charge in [0.15, 0.2) is 0 Å².